The van der Waals surface area contributed by atoms with Crippen molar-refractivity contribution in [2.24, 2.45) is 5.92 Å². The summed E-state index contributed by atoms with van der Waals surface area (Å²) in [6.07, 6.45) is -0.568. The second-order valence-electron chi connectivity index (χ2n) is 8.51. The third-order valence-corrected chi connectivity index (χ3v) is 5.65. The minimum Gasteiger partial charge on any atom is -0.507 e. The number of phenolic OH excluding ortho intramolecular Hbond substituents is 1. The van der Waals surface area contributed by atoms with Crippen molar-refractivity contribution in [3.8, 4) is 17.1 Å². The van der Waals surface area contributed by atoms with E-state index in [4.69, 9.17) is 0 Å². The number of hydrogen-bond acceptors (Lipinski definition) is 6. The molecule has 1 saturated heterocycles. The predicted octanol–water partition coefficient (Wildman–Crippen LogP) is 3.62. The summed E-state index contributed by atoms with van der Waals surface area (Å²) in [5, 5.41) is 21.0. The highest BCUT2D eigenvalue weighted by Crippen LogP contribution is 2.32. The minimum absolute atomic E-state index is 0. The lowest BCUT2D eigenvalue weighted by Crippen LogP contribution is -2.52. The van der Waals surface area contributed by atoms with Crippen molar-refractivity contribution < 1.29 is 19.4 Å². The van der Waals surface area contributed by atoms with E-state index in [1.54, 1.807) is 35.2 Å². The lowest BCUT2D eigenvalue weighted by atomic mass is 10.0. The Kier molecular flexibility index (Phi) is 7.71. The molecule has 1 atom stereocenters. The van der Waals surface area contributed by atoms with E-state index in [-0.39, 0.29) is 35.8 Å². The van der Waals surface area contributed by atoms with Crippen molar-refractivity contribution in [3.05, 3.63) is 48.3 Å². The fourth-order valence-corrected chi connectivity index (χ4v) is 4.01. The first-order chi connectivity index (χ1) is 15.3. The van der Waals surface area contributed by atoms with Crippen molar-refractivity contribution >= 4 is 35.0 Å². The normalized spacial score (nSPS) is 14.9. The fraction of sp³-hybridized carbons (Fsp3) is 0.375. The lowest BCUT2D eigenvalue weighted by molar-refractivity contribution is -0.141. The molecule has 1 aliphatic rings. The van der Waals surface area contributed by atoms with Crippen molar-refractivity contribution in [1.29, 1.82) is 0 Å². The first-order valence-electron chi connectivity index (χ1n) is 10.8. The number of nitrogens with zero attached hydrogens (tertiary/aromatic N) is 4. The minimum atomic E-state index is -0.997. The lowest BCUT2D eigenvalue weighted by Gasteiger charge is -2.37. The maximum Gasteiger partial charge on any atom is 0.251 e. The number of halogens is 2. The van der Waals surface area contributed by atoms with Gasteiger partial charge in [0, 0.05) is 31.6 Å². The van der Waals surface area contributed by atoms with Crippen LogP contribution in [0.5, 0.6) is 5.75 Å². The van der Waals surface area contributed by atoms with Crippen LogP contribution >= 0.6 is 12.4 Å². The van der Waals surface area contributed by atoms with Crippen LogP contribution in [-0.2, 0) is 4.79 Å². The number of aliphatic hydroxyl groups is 1. The summed E-state index contributed by atoms with van der Waals surface area (Å²) in [6, 6.07) is 11.2. The summed E-state index contributed by atoms with van der Waals surface area (Å²) in [6.45, 7) is 5.78. The number of phenols is 1. The van der Waals surface area contributed by atoms with Crippen LogP contribution < -0.4 is 4.90 Å². The average Bonchev–Trinajstić information content (AvgIpc) is 2.78. The van der Waals surface area contributed by atoms with Crippen LogP contribution in [0.3, 0.4) is 0 Å². The maximum atomic E-state index is 14.0. The molecule has 33 heavy (non-hydrogen) atoms. The van der Waals surface area contributed by atoms with Gasteiger partial charge in [-0.25, -0.2) is 14.4 Å². The number of benzene rings is 2. The Morgan fingerprint density at radius 1 is 1.09 bits per heavy atom. The Morgan fingerprint density at radius 3 is 2.45 bits per heavy atom. The number of para-hydroxylation sites is 1. The Labute approximate surface area is 198 Å². The zero-order chi connectivity index (χ0) is 22.8. The second-order valence-corrected chi connectivity index (χ2v) is 8.51. The number of aromatic nitrogens is 2. The van der Waals surface area contributed by atoms with Gasteiger partial charge < -0.3 is 20.0 Å². The largest absolute Gasteiger partial charge is 0.507 e. The topological polar surface area (TPSA) is 89.8 Å². The van der Waals surface area contributed by atoms with Crippen LogP contribution in [0.4, 0.5) is 10.2 Å². The fourth-order valence-electron chi connectivity index (χ4n) is 4.01. The molecule has 7 nitrogen and oxygen atoms in total. The number of aliphatic hydroxyl groups excluding tert-OH is 1. The van der Waals surface area contributed by atoms with Crippen LogP contribution in [0.15, 0.2) is 42.5 Å². The highest BCUT2D eigenvalue weighted by atomic mass is 35.5. The van der Waals surface area contributed by atoms with Gasteiger partial charge in [-0.1, -0.05) is 26.0 Å². The van der Waals surface area contributed by atoms with Gasteiger partial charge in [0.05, 0.1) is 11.1 Å². The Bertz CT molecular complexity index is 1140. The number of amides is 1. The summed E-state index contributed by atoms with van der Waals surface area (Å²) in [5.41, 5.74) is 1.06. The second kappa shape index (κ2) is 10.3. The van der Waals surface area contributed by atoms with E-state index in [2.05, 4.69) is 9.97 Å². The third-order valence-electron chi connectivity index (χ3n) is 5.65. The van der Waals surface area contributed by atoms with Crippen molar-refractivity contribution in [2.45, 2.75) is 26.4 Å². The van der Waals surface area contributed by atoms with Crippen LogP contribution in [0, 0.1) is 11.7 Å². The summed E-state index contributed by atoms with van der Waals surface area (Å²) in [4.78, 5) is 25.4. The molecule has 9 heteroatoms. The summed E-state index contributed by atoms with van der Waals surface area (Å²) in [5.74, 6) is 0.556. The van der Waals surface area contributed by atoms with Gasteiger partial charge in [-0.15, -0.1) is 12.4 Å². The number of rotatable bonds is 5. The van der Waals surface area contributed by atoms with Crippen LogP contribution in [0.2, 0.25) is 0 Å². The van der Waals surface area contributed by atoms with E-state index in [1.165, 1.54) is 12.1 Å². The van der Waals surface area contributed by atoms with Crippen LogP contribution in [-0.4, -0.2) is 63.3 Å². The number of hydrogen-bond donors (Lipinski definition) is 2. The molecule has 4 rings (SSSR count). The molecule has 0 unspecified atom stereocenters. The molecule has 1 aromatic heterocycles. The molecule has 0 radical (unpaired) electrons. The van der Waals surface area contributed by atoms with Gasteiger partial charge >= 0.3 is 0 Å². The molecule has 2 N–H and O–H groups in total. The van der Waals surface area contributed by atoms with Crippen LogP contribution in [0.1, 0.15) is 20.3 Å². The highest BCUT2D eigenvalue weighted by molar-refractivity contribution is 5.91. The zero-order valence-corrected chi connectivity index (χ0v) is 19.4. The average molecular weight is 475 g/mol. The maximum absolute atomic E-state index is 14.0. The first-order valence-corrected chi connectivity index (χ1v) is 10.8. The number of aromatic hydroxyl groups is 1. The van der Waals surface area contributed by atoms with Crippen molar-refractivity contribution in [1.82, 2.24) is 14.9 Å². The van der Waals surface area contributed by atoms with E-state index in [9.17, 15) is 19.4 Å². The van der Waals surface area contributed by atoms with Gasteiger partial charge in [0.1, 0.15) is 23.5 Å². The van der Waals surface area contributed by atoms with Gasteiger partial charge in [-0.2, -0.15) is 0 Å². The van der Waals surface area contributed by atoms with Crippen molar-refractivity contribution in [3.63, 3.8) is 0 Å². The summed E-state index contributed by atoms with van der Waals surface area (Å²) < 4.78 is 14.0. The van der Waals surface area contributed by atoms with Gasteiger partial charge in [0.2, 0.25) is 0 Å². The molecule has 0 spiro atoms. The number of carbonyl (C=O) groups is 1. The van der Waals surface area contributed by atoms with Crippen molar-refractivity contribution in [2.75, 3.05) is 31.1 Å². The van der Waals surface area contributed by atoms with E-state index in [0.717, 1.165) is 0 Å². The van der Waals surface area contributed by atoms with Gasteiger partial charge in [-0.3, -0.25) is 4.79 Å². The Hall–Kier alpha value is -2.97. The Morgan fingerprint density at radius 2 is 1.79 bits per heavy atom. The van der Waals surface area contributed by atoms with Gasteiger partial charge in [-0.05, 0) is 42.7 Å². The standard InChI is InChI=1S/C24H27FN4O3.ClH/c1-15(2)13-21(31)24(32)29-11-9-28(10-12-29)23-18-14-16(25)7-8-19(18)26-22(27-23)17-5-3-4-6-20(17)30;/h3-8,14-15,21,30-31H,9-13H2,1-2H3;1H/t21-;/m1./s1. The first kappa shape index (κ1) is 24.7. The number of carbonyl (C=O) groups excluding carboxylic acids is 1. The van der Waals surface area contributed by atoms with E-state index < -0.39 is 6.10 Å². The molecule has 0 saturated carbocycles. The van der Waals surface area contributed by atoms with Crippen LogP contribution in [0.25, 0.3) is 22.3 Å². The quantitative estimate of drug-likeness (QED) is 0.587. The molecule has 1 amide bonds. The number of anilines is 1. The zero-order valence-electron chi connectivity index (χ0n) is 18.6. The van der Waals surface area contributed by atoms with Gasteiger partial charge in [0.25, 0.3) is 5.91 Å². The molecule has 2 heterocycles. The smallest absolute Gasteiger partial charge is 0.251 e. The molecule has 0 bridgehead atoms. The van der Waals surface area contributed by atoms with E-state index >= 15 is 0 Å². The van der Waals surface area contributed by atoms with Gasteiger partial charge in [0.15, 0.2) is 5.82 Å². The molecule has 1 aliphatic heterocycles. The van der Waals surface area contributed by atoms with E-state index in [1.807, 2.05) is 18.7 Å². The molecule has 0 aliphatic carbocycles. The summed E-state index contributed by atoms with van der Waals surface area (Å²) >= 11 is 0. The SMILES string of the molecule is CC(C)C[C@@H](O)C(=O)N1CCN(c2nc(-c3ccccc3O)nc3ccc(F)cc23)CC1.Cl. The monoisotopic (exact) mass is 474 g/mol. The number of fused-ring (bicyclic) bond motifs is 1. The predicted molar refractivity (Wildman–Crippen MR) is 128 cm³/mol. The molecular formula is C24H28ClFN4O3. The molecule has 2 aromatic carbocycles. The van der Waals surface area contributed by atoms with E-state index in [0.29, 0.717) is 60.7 Å². The molecule has 1 fully saturated rings. The number of piperazine rings is 1. The Balaban J connectivity index is 0.00000306. The third kappa shape index (κ3) is 5.34. The summed E-state index contributed by atoms with van der Waals surface area (Å²) in [7, 11) is 0. The molecule has 3 aromatic rings. The molecule has 176 valence electrons. The molecular weight excluding hydrogens is 447 g/mol. The highest BCUT2D eigenvalue weighted by Gasteiger charge is 2.28.